The number of benzene rings is 2. The highest BCUT2D eigenvalue weighted by Crippen LogP contribution is 2.37. The molecule has 0 atom stereocenters. The first-order valence-corrected chi connectivity index (χ1v) is 13.1. The average molecular weight is 589 g/mol. The predicted molar refractivity (Wildman–Crippen MR) is 142 cm³/mol. The molecule has 7 nitrogen and oxygen atoms in total. The standard InChI is InChI=1S/C29H26F6N6O/c1-19-16-40(27-22(14-36)15-37-41(27)26(19)21-5-3-7-24(13-21)29(33,34)35)25(42)18-39-10-8-38(9-11-39)17-20-4-2-6-23(12-20)28(30,31)32/h2-7,12-13,15H,8-11,16-18H2,1H3. The van der Waals surface area contributed by atoms with E-state index in [9.17, 15) is 36.4 Å². The SMILES string of the molecule is CC1=C(c2cccc(C(F)(F)F)c2)n2ncc(C#N)c2N(C(=O)CN2CCN(Cc3cccc(C(F)(F)F)c3)CC2)C1. The van der Waals surface area contributed by atoms with Crippen LogP contribution in [-0.4, -0.2) is 64.8 Å². The molecule has 1 aromatic heterocycles. The largest absolute Gasteiger partial charge is 0.416 e. The number of amides is 1. The molecule has 42 heavy (non-hydrogen) atoms. The number of piperazine rings is 1. The molecule has 5 rings (SSSR count). The first-order valence-electron chi connectivity index (χ1n) is 13.1. The number of halogens is 6. The highest BCUT2D eigenvalue weighted by molar-refractivity contribution is 5.98. The number of fused-ring (bicyclic) bond motifs is 1. The van der Waals surface area contributed by atoms with Gasteiger partial charge in [0.1, 0.15) is 11.6 Å². The van der Waals surface area contributed by atoms with Crippen LogP contribution < -0.4 is 4.90 Å². The van der Waals surface area contributed by atoms with E-state index in [1.54, 1.807) is 13.0 Å². The van der Waals surface area contributed by atoms with Crippen molar-refractivity contribution in [3.63, 3.8) is 0 Å². The fourth-order valence-corrected chi connectivity index (χ4v) is 5.32. The number of nitrogens with zero attached hydrogens (tertiary/aromatic N) is 6. The third kappa shape index (κ3) is 6.05. The van der Waals surface area contributed by atoms with Crippen LogP contribution in [-0.2, 0) is 23.7 Å². The molecular weight excluding hydrogens is 562 g/mol. The van der Waals surface area contributed by atoms with Crippen LogP contribution in [0.1, 0.15) is 34.7 Å². The molecule has 1 amide bonds. The number of alkyl halides is 6. The van der Waals surface area contributed by atoms with E-state index < -0.39 is 23.5 Å². The van der Waals surface area contributed by atoms with E-state index in [0.717, 1.165) is 24.3 Å². The molecule has 13 heteroatoms. The second-order valence-electron chi connectivity index (χ2n) is 10.3. The van der Waals surface area contributed by atoms with E-state index in [0.29, 0.717) is 49.6 Å². The molecule has 2 aliphatic heterocycles. The minimum Gasteiger partial charge on any atom is -0.297 e. The summed E-state index contributed by atoms with van der Waals surface area (Å²) in [6.45, 7) is 4.26. The van der Waals surface area contributed by atoms with Gasteiger partial charge in [0.25, 0.3) is 0 Å². The zero-order valence-corrected chi connectivity index (χ0v) is 22.5. The maximum atomic E-state index is 13.5. The number of hydrogen-bond donors (Lipinski definition) is 0. The highest BCUT2D eigenvalue weighted by Gasteiger charge is 2.35. The first kappa shape index (κ1) is 29.3. The quantitative estimate of drug-likeness (QED) is 0.382. The van der Waals surface area contributed by atoms with Gasteiger partial charge in [-0.3, -0.25) is 19.5 Å². The van der Waals surface area contributed by atoms with Crippen LogP contribution in [0.3, 0.4) is 0 Å². The molecular formula is C29H26F6N6O. The lowest BCUT2D eigenvalue weighted by molar-refractivity contribution is -0.138. The minimum atomic E-state index is -4.54. The highest BCUT2D eigenvalue weighted by atomic mass is 19.4. The summed E-state index contributed by atoms with van der Waals surface area (Å²) >= 11 is 0. The Labute approximate surface area is 237 Å². The Morgan fingerprint density at radius 2 is 1.55 bits per heavy atom. The number of hydrogen-bond acceptors (Lipinski definition) is 5. The second kappa shape index (κ2) is 11.3. The lowest BCUT2D eigenvalue weighted by atomic mass is 10.0. The summed E-state index contributed by atoms with van der Waals surface area (Å²) in [6.07, 6.45) is -7.66. The van der Waals surface area contributed by atoms with Crippen molar-refractivity contribution < 1.29 is 31.1 Å². The number of nitriles is 1. The molecule has 0 spiro atoms. The van der Waals surface area contributed by atoms with E-state index in [4.69, 9.17) is 0 Å². The van der Waals surface area contributed by atoms with Gasteiger partial charge in [0, 0.05) is 38.3 Å². The van der Waals surface area contributed by atoms with Gasteiger partial charge >= 0.3 is 12.4 Å². The molecule has 3 aromatic rings. The van der Waals surface area contributed by atoms with Gasteiger partial charge in [-0.1, -0.05) is 30.3 Å². The smallest absolute Gasteiger partial charge is 0.297 e. The van der Waals surface area contributed by atoms with Crippen molar-refractivity contribution in [2.75, 3.05) is 44.2 Å². The van der Waals surface area contributed by atoms with E-state index in [1.165, 1.54) is 34.0 Å². The van der Waals surface area contributed by atoms with Gasteiger partial charge in [0.2, 0.25) is 5.91 Å². The third-order valence-electron chi connectivity index (χ3n) is 7.38. The third-order valence-corrected chi connectivity index (χ3v) is 7.38. The molecule has 3 heterocycles. The molecule has 0 N–H and O–H groups in total. The molecule has 2 aromatic carbocycles. The van der Waals surface area contributed by atoms with Gasteiger partial charge in [0.05, 0.1) is 36.1 Å². The van der Waals surface area contributed by atoms with Crippen LogP contribution in [0, 0.1) is 11.3 Å². The van der Waals surface area contributed by atoms with Gasteiger partial charge < -0.3 is 0 Å². The van der Waals surface area contributed by atoms with Crippen LogP contribution in [0.2, 0.25) is 0 Å². The molecule has 2 aliphatic rings. The Hall–Kier alpha value is -4.15. The number of aromatic nitrogens is 2. The van der Waals surface area contributed by atoms with Gasteiger partial charge in [-0.05, 0) is 36.3 Å². The first-order chi connectivity index (χ1) is 19.8. The summed E-state index contributed by atoms with van der Waals surface area (Å²) < 4.78 is 80.7. The number of carbonyl (C=O) groups excluding carboxylic acids is 1. The van der Waals surface area contributed by atoms with E-state index in [-0.39, 0.29) is 35.9 Å². The van der Waals surface area contributed by atoms with Crippen LogP contribution >= 0.6 is 0 Å². The normalized spacial score (nSPS) is 16.9. The number of carbonyl (C=O) groups is 1. The fraction of sp³-hybridized carbons (Fsp3) is 0.345. The average Bonchev–Trinajstić information content (AvgIpc) is 3.37. The van der Waals surface area contributed by atoms with Gasteiger partial charge in [-0.2, -0.15) is 36.7 Å². The van der Waals surface area contributed by atoms with Gasteiger partial charge in [-0.15, -0.1) is 0 Å². The number of rotatable bonds is 5. The Bertz CT molecular complexity index is 1560. The molecule has 1 fully saturated rings. The topological polar surface area (TPSA) is 68.4 Å². The van der Waals surface area contributed by atoms with Crippen molar-refractivity contribution >= 4 is 17.4 Å². The summed E-state index contributed by atoms with van der Waals surface area (Å²) in [5.41, 5.74) is 0.409. The Balaban J connectivity index is 1.28. The fourth-order valence-electron chi connectivity index (χ4n) is 5.32. The Morgan fingerprint density at radius 3 is 2.19 bits per heavy atom. The summed E-state index contributed by atoms with van der Waals surface area (Å²) in [4.78, 5) is 18.9. The monoisotopic (exact) mass is 588 g/mol. The maximum Gasteiger partial charge on any atom is 0.416 e. The summed E-state index contributed by atoms with van der Waals surface area (Å²) in [6, 6.07) is 12.1. The number of anilines is 1. The molecule has 0 radical (unpaired) electrons. The zero-order chi connectivity index (χ0) is 30.2. The van der Waals surface area contributed by atoms with Crippen LogP contribution in [0.4, 0.5) is 32.2 Å². The van der Waals surface area contributed by atoms with Gasteiger partial charge in [0.15, 0.2) is 5.82 Å². The van der Waals surface area contributed by atoms with Crippen molar-refractivity contribution in [2.45, 2.75) is 25.8 Å². The summed E-state index contributed by atoms with van der Waals surface area (Å²) in [7, 11) is 0. The summed E-state index contributed by atoms with van der Waals surface area (Å²) in [5.74, 6) is -0.106. The maximum absolute atomic E-state index is 13.5. The van der Waals surface area contributed by atoms with Crippen LogP contribution in [0.15, 0.2) is 60.3 Å². The van der Waals surface area contributed by atoms with Gasteiger partial charge in [-0.25, -0.2) is 4.68 Å². The molecule has 0 unspecified atom stereocenters. The lowest BCUT2D eigenvalue weighted by Crippen LogP contribution is -2.50. The van der Waals surface area contributed by atoms with E-state index in [1.807, 2.05) is 15.9 Å². The Kier molecular flexibility index (Phi) is 7.87. The van der Waals surface area contributed by atoms with Crippen molar-refractivity contribution in [1.82, 2.24) is 19.6 Å². The minimum absolute atomic E-state index is 0.0274. The molecule has 220 valence electrons. The molecule has 0 saturated carbocycles. The molecule has 0 aliphatic carbocycles. The van der Waals surface area contributed by atoms with Crippen molar-refractivity contribution in [2.24, 2.45) is 0 Å². The predicted octanol–water partition coefficient (Wildman–Crippen LogP) is 5.24. The molecule has 0 bridgehead atoms. The second-order valence-corrected chi connectivity index (χ2v) is 10.3. The summed E-state index contributed by atoms with van der Waals surface area (Å²) in [5, 5.41) is 14.0. The van der Waals surface area contributed by atoms with E-state index in [2.05, 4.69) is 5.10 Å². The van der Waals surface area contributed by atoms with Crippen LogP contribution in [0.5, 0.6) is 0 Å². The Morgan fingerprint density at radius 1 is 0.929 bits per heavy atom. The van der Waals surface area contributed by atoms with E-state index >= 15 is 0 Å². The van der Waals surface area contributed by atoms with Crippen molar-refractivity contribution in [3.05, 3.63) is 88.1 Å². The van der Waals surface area contributed by atoms with Crippen molar-refractivity contribution in [1.29, 1.82) is 5.26 Å². The van der Waals surface area contributed by atoms with Crippen molar-refractivity contribution in [3.8, 4) is 6.07 Å². The zero-order valence-electron chi connectivity index (χ0n) is 22.5. The van der Waals surface area contributed by atoms with Crippen LogP contribution in [0.25, 0.3) is 5.70 Å². The lowest BCUT2D eigenvalue weighted by Gasteiger charge is -2.36. The molecule has 1 saturated heterocycles.